The van der Waals surface area contributed by atoms with Crippen molar-refractivity contribution in [1.82, 2.24) is 9.97 Å². The van der Waals surface area contributed by atoms with Crippen LogP contribution in [-0.4, -0.2) is 30.2 Å². The Hall–Kier alpha value is -1.82. The van der Waals surface area contributed by atoms with Crippen LogP contribution in [0.5, 0.6) is 5.75 Å². The lowest BCUT2D eigenvalue weighted by molar-refractivity contribution is 0.410. The molecule has 6 heteroatoms. The van der Waals surface area contributed by atoms with Gasteiger partial charge in [-0.25, -0.2) is 9.97 Å². The average molecular weight is 363 g/mol. The lowest BCUT2D eigenvalue weighted by Crippen LogP contribution is -2.19. The summed E-state index contributed by atoms with van der Waals surface area (Å²) in [6.45, 7) is 2.81. The molecule has 3 rings (SSSR count). The number of rotatable bonds is 5. The highest BCUT2D eigenvalue weighted by Crippen LogP contribution is 2.24. The number of anilines is 2. The van der Waals surface area contributed by atoms with Crippen LogP contribution in [0, 0.1) is 0 Å². The van der Waals surface area contributed by atoms with Crippen LogP contribution in [0.1, 0.15) is 18.4 Å². The molecule has 0 atom stereocenters. The van der Waals surface area contributed by atoms with Crippen LogP contribution in [-0.2, 0) is 6.54 Å². The Kier molecular flexibility index (Phi) is 4.77. The van der Waals surface area contributed by atoms with Gasteiger partial charge in [0, 0.05) is 35.7 Å². The van der Waals surface area contributed by atoms with E-state index in [0.717, 1.165) is 40.5 Å². The Morgan fingerprint density at radius 3 is 2.82 bits per heavy atom. The summed E-state index contributed by atoms with van der Waals surface area (Å²) in [6, 6.07) is 7.99. The Morgan fingerprint density at radius 2 is 2.05 bits per heavy atom. The minimum Gasteiger partial charge on any atom is -0.496 e. The number of benzene rings is 1. The third-order valence-corrected chi connectivity index (χ3v) is 4.28. The molecular formula is C16H19BrN4O. The topological polar surface area (TPSA) is 50.3 Å². The highest BCUT2D eigenvalue weighted by atomic mass is 79.9. The van der Waals surface area contributed by atoms with Crippen molar-refractivity contribution in [3.8, 4) is 5.75 Å². The first-order valence-electron chi connectivity index (χ1n) is 7.39. The molecule has 0 bridgehead atoms. The fraction of sp³-hybridized carbons (Fsp3) is 0.375. The second-order valence-electron chi connectivity index (χ2n) is 5.27. The molecule has 0 unspecified atom stereocenters. The minimum atomic E-state index is 0.652. The number of nitrogens with one attached hydrogen (secondary N) is 1. The van der Waals surface area contributed by atoms with Crippen LogP contribution < -0.4 is 15.0 Å². The molecule has 1 aromatic carbocycles. The van der Waals surface area contributed by atoms with Gasteiger partial charge in [0.1, 0.15) is 23.7 Å². The first-order chi connectivity index (χ1) is 10.8. The molecule has 1 aliphatic rings. The van der Waals surface area contributed by atoms with Crippen molar-refractivity contribution in [1.29, 1.82) is 0 Å². The predicted molar refractivity (Wildman–Crippen MR) is 91.5 cm³/mol. The normalized spacial score (nSPS) is 14.2. The number of halogens is 1. The van der Waals surface area contributed by atoms with Gasteiger partial charge < -0.3 is 15.0 Å². The molecule has 1 saturated heterocycles. The average Bonchev–Trinajstić information content (AvgIpc) is 3.08. The Morgan fingerprint density at radius 1 is 1.23 bits per heavy atom. The second kappa shape index (κ2) is 6.96. The van der Waals surface area contributed by atoms with Crippen LogP contribution in [0.4, 0.5) is 11.6 Å². The van der Waals surface area contributed by atoms with E-state index in [2.05, 4.69) is 42.2 Å². The van der Waals surface area contributed by atoms with Gasteiger partial charge >= 0.3 is 0 Å². The van der Waals surface area contributed by atoms with Gasteiger partial charge in [-0.2, -0.15) is 0 Å². The molecule has 22 heavy (non-hydrogen) atoms. The smallest absolute Gasteiger partial charge is 0.134 e. The molecule has 1 N–H and O–H groups in total. The second-order valence-corrected chi connectivity index (χ2v) is 6.18. The van der Waals surface area contributed by atoms with Crippen molar-refractivity contribution in [2.24, 2.45) is 0 Å². The molecule has 2 heterocycles. The number of methoxy groups -OCH3 is 1. The predicted octanol–water partition coefficient (Wildman–Crippen LogP) is 3.46. The monoisotopic (exact) mass is 362 g/mol. The molecule has 1 aromatic heterocycles. The molecule has 5 nitrogen and oxygen atoms in total. The Bertz CT molecular complexity index is 644. The molecule has 2 aromatic rings. The SMILES string of the molecule is COc1ccc(Br)cc1CNc1cc(N2CCCC2)ncn1. The van der Waals surface area contributed by atoms with Crippen LogP contribution in [0.15, 0.2) is 35.1 Å². The fourth-order valence-electron chi connectivity index (χ4n) is 2.63. The van der Waals surface area contributed by atoms with Crippen LogP contribution >= 0.6 is 15.9 Å². The van der Waals surface area contributed by atoms with E-state index in [9.17, 15) is 0 Å². The highest BCUT2D eigenvalue weighted by molar-refractivity contribution is 9.10. The summed E-state index contributed by atoms with van der Waals surface area (Å²) in [6.07, 6.45) is 4.10. The first kappa shape index (κ1) is 15.1. The van der Waals surface area contributed by atoms with Crippen molar-refractivity contribution >= 4 is 27.6 Å². The van der Waals surface area contributed by atoms with Crippen molar-refractivity contribution in [3.63, 3.8) is 0 Å². The summed E-state index contributed by atoms with van der Waals surface area (Å²) in [5.41, 5.74) is 1.08. The number of hydrogen-bond donors (Lipinski definition) is 1. The highest BCUT2D eigenvalue weighted by Gasteiger charge is 2.14. The van der Waals surface area contributed by atoms with Crippen molar-refractivity contribution in [2.45, 2.75) is 19.4 Å². The zero-order chi connectivity index (χ0) is 15.4. The number of hydrogen-bond acceptors (Lipinski definition) is 5. The van der Waals surface area contributed by atoms with Crippen LogP contribution in [0.25, 0.3) is 0 Å². The molecule has 1 aliphatic heterocycles. The van der Waals surface area contributed by atoms with E-state index in [1.165, 1.54) is 12.8 Å². The number of aromatic nitrogens is 2. The standard InChI is InChI=1S/C16H19BrN4O/c1-22-14-5-4-13(17)8-12(14)10-18-15-9-16(20-11-19-15)21-6-2-3-7-21/h4-5,8-9,11H,2-3,6-7,10H2,1H3,(H,18,19,20). The lowest BCUT2D eigenvalue weighted by atomic mass is 10.2. The zero-order valence-corrected chi connectivity index (χ0v) is 14.1. The van der Waals surface area contributed by atoms with Gasteiger partial charge in [0.15, 0.2) is 0 Å². The van der Waals surface area contributed by atoms with Crippen molar-refractivity contribution < 1.29 is 4.74 Å². The van der Waals surface area contributed by atoms with E-state index in [1.807, 2.05) is 18.2 Å². The molecule has 0 amide bonds. The molecule has 0 aliphatic carbocycles. The van der Waals surface area contributed by atoms with E-state index in [0.29, 0.717) is 6.54 Å². The van der Waals surface area contributed by atoms with E-state index < -0.39 is 0 Å². The third-order valence-electron chi connectivity index (χ3n) is 3.79. The molecule has 1 fully saturated rings. The van der Waals surface area contributed by atoms with Gasteiger partial charge in [0.25, 0.3) is 0 Å². The maximum atomic E-state index is 5.39. The quantitative estimate of drug-likeness (QED) is 0.882. The van der Waals surface area contributed by atoms with E-state index in [4.69, 9.17) is 4.74 Å². The minimum absolute atomic E-state index is 0.652. The summed E-state index contributed by atoms with van der Waals surface area (Å²) in [7, 11) is 1.68. The van der Waals surface area contributed by atoms with Gasteiger partial charge in [-0.1, -0.05) is 15.9 Å². The summed E-state index contributed by atoms with van der Waals surface area (Å²) < 4.78 is 6.42. The fourth-order valence-corrected chi connectivity index (χ4v) is 3.04. The van der Waals surface area contributed by atoms with Crippen molar-refractivity contribution in [2.75, 3.05) is 30.4 Å². The molecule has 0 radical (unpaired) electrons. The van der Waals surface area contributed by atoms with Gasteiger partial charge in [-0.3, -0.25) is 0 Å². The van der Waals surface area contributed by atoms with Gasteiger partial charge in [0.05, 0.1) is 7.11 Å². The molecule has 0 saturated carbocycles. The number of nitrogens with zero attached hydrogens (tertiary/aromatic N) is 3. The lowest BCUT2D eigenvalue weighted by Gasteiger charge is -2.17. The third kappa shape index (κ3) is 3.50. The summed E-state index contributed by atoms with van der Waals surface area (Å²) >= 11 is 3.49. The molecule has 0 spiro atoms. The Balaban J connectivity index is 1.71. The van der Waals surface area contributed by atoms with Gasteiger partial charge in [-0.05, 0) is 31.0 Å². The summed E-state index contributed by atoms with van der Waals surface area (Å²) in [4.78, 5) is 11.0. The maximum Gasteiger partial charge on any atom is 0.134 e. The van der Waals surface area contributed by atoms with Crippen LogP contribution in [0.3, 0.4) is 0 Å². The van der Waals surface area contributed by atoms with E-state index in [-0.39, 0.29) is 0 Å². The zero-order valence-electron chi connectivity index (χ0n) is 12.6. The van der Waals surface area contributed by atoms with E-state index >= 15 is 0 Å². The maximum absolute atomic E-state index is 5.39. The van der Waals surface area contributed by atoms with E-state index in [1.54, 1.807) is 13.4 Å². The molecule has 116 valence electrons. The number of ether oxygens (including phenoxy) is 1. The van der Waals surface area contributed by atoms with Gasteiger partial charge in [0.2, 0.25) is 0 Å². The van der Waals surface area contributed by atoms with Crippen LogP contribution in [0.2, 0.25) is 0 Å². The van der Waals surface area contributed by atoms with Gasteiger partial charge in [-0.15, -0.1) is 0 Å². The summed E-state index contributed by atoms with van der Waals surface area (Å²) in [5.74, 6) is 2.69. The van der Waals surface area contributed by atoms with Crippen molar-refractivity contribution in [3.05, 3.63) is 40.6 Å². The Labute approximate surface area is 138 Å². The largest absolute Gasteiger partial charge is 0.496 e. The molecular weight excluding hydrogens is 344 g/mol. The summed E-state index contributed by atoms with van der Waals surface area (Å²) in [5, 5.41) is 3.35. The first-order valence-corrected chi connectivity index (χ1v) is 8.19.